The molecule has 0 aliphatic carbocycles. The van der Waals surface area contributed by atoms with E-state index in [1.807, 2.05) is 6.07 Å². The van der Waals surface area contributed by atoms with Gasteiger partial charge in [0.05, 0.1) is 12.1 Å². The van der Waals surface area contributed by atoms with Crippen LogP contribution in [-0.4, -0.2) is 38.8 Å². The molecule has 144 valence electrons. The molecule has 4 rings (SSSR count). The highest BCUT2D eigenvalue weighted by Crippen LogP contribution is 2.28. The number of aryl methyl sites for hydroxylation is 1. The number of oxazole rings is 1. The van der Waals surface area contributed by atoms with Gasteiger partial charge < -0.3 is 9.32 Å². The molecule has 28 heavy (non-hydrogen) atoms. The molecule has 1 saturated heterocycles. The largest absolute Gasteiger partial charge is 0.445 e. The van der Waals surface area contributed by atoms with Crippen LogP contribution in [0.1, 0.15) is 52.3 Å². The SMILES string of the molecule is Cc1nccc(C(=O)N2CCC[C@H](c3ncc(Cc4cccc(F)c4)o3)C2)n1. The standard InChI is InChI=1S/C21H21FN4O2/c1-14-23-8-7-19(25-14)21(27)26-9-3-5-16(13-26)20-24-12-18(28-20)11-15-4-2-6-17(22)10-15/h2,4,6-8,10,12,16H,3,5,9,11,13H2,1H3/t16-/m0/s1. The fourth-order valence-electron chi connectivity index (χ4n) is 3.54. The van der Waals surface area contributed by atoms with Crippen LogP contribution in [0.2, 0.25) is 0 Å². The third-order valence-corrected chi connectivity index (χ3v) is 4.89. The number of likely N-dealkylation sites (tertiary alicyclic amines) is 1. The zero-order valence-electron chi connectivity index (χ0n) is 15.6. The molecule has 3 aromatic rings. The van der Waals surface area contributed by atoms with Crippen molar-refractivity contribution in [1.82, 2.24) is 19.9 Å². The number of carbonyl (C=O) groups excluding carboxylic acids is 1. The Balaban J connectivity index is 1.45. The maximum absolute atomic E-state index is 13.4. The lowest BCUT2D eigenvalue weighted by molar-refractivity contribution is 0.0691. The molecule has 0 bridgehead atoms. The Morgan fingerprint density at radius 2 is 2.21 bits per heavy atom. The van der Waals surface area contributed by atoms with Gasteiger partial charge in [0.2, 0.25) is 0 Å². The van der Waals surface area contributed by atoms with E-state index < -0.39 is 0 Å². The van der Waals surface area contributed by atoms with Crippen LogP contribution in [0.4, 0.5) is 4.39 Å². The van der Waals surface area contributed by atoms with Crippen molar-refractivity contribution >= 4 is 5.91 Å². The van der Waals surface area contributed by atoms with Crippen molar-refractivity contribution in [1.29, 1.82) is 0 Å². The number of piperidine rings is 1. The molecule has 1 amide bonds. The molecular formula is C21H21FN4O2. The van der Waals surface area contributed by atoms with E-state index in [0.717, 1.165) is 18.4 Å². The molecule has 1 aliphatic heterocycles. The van der Waals surface area contributed by atoms with Crippen LogP contribution in [0.3, 0.4) is 0 Å². The molecule has 0 spiro atoms. The Bertz CT molecular complexity index is 988. The van der Waals surface area contributed by atoms with E-state index in [2.05, 4.69) is 15.0 Å². The summed E-state index contributed by atoms with van der Waals surface area (Å²) < 4.78 is 19.3. The van der Waals surface area contributed by atoms with E-state index in [1.165, 1.54) is 12.1 Å². The van der Waals surface area contributed by atoms with Crippen LogP contribution in [0, 0.1) is 12.7 Å². The average Bonchev–Trinajstić information content (AvgIpc) is 3.16. The van der Waals surface area contributed by atoms with Crippen LogP contribution in [-0.2, 0) is 6.42 Å². The van der Waals surface area contributed by atoms with Crippen molar-refractivity contribution in [2.75, 3.05) is 13.1 Å². The second-order valence-electron chi connectivity index (χ2n) is 7.05. The van der Waals surface area contributed by atoms with E-state index in [4.69, 9.17) is 4.42 Å². The van der Waals surface area contributed by atoms with E-state index >= 15 is 0 Å². The third kappa shape index (κ3) is 4.08. The van der Waals surface area contributed by atoms with E-state index in [9.17, 15) is 9.18 Å². The first kappa shape index (κ1) is 18.3. The smallest absolute Gasteiger partial charge is 0.272 e. The summed E-state index contributed by atoms with van der Waals surface area (Å²) in [6, 6.07) is 8.09. The summed E-state index contributed by atoms with van der Waals surface area (Å²) in [4.78, 5) is 27.2. The molecule has 6 nitrogen and oxygen atoms in total. The Hall–Kier alpha value is -3.09. The normalized spacial score (nSPS) is 16.9. The zero-order chi connectivity index (χ0) is 19.5. The van der Waals surface area contributed by atoms with Crippen molar-refractivity contribution in [2.24, 2.45) is 0 Å². The van der Waals surface area contributed by atoms with Crippen LogP contribution < -0.4 is 0 Å². The minimum Gasteiger partial charge on any atom is -0.445 e. The highest BCUT2D eigenvalue weighted by molar-refractivity contribution is 5.92. The first-order chi connectivity index (χ1) is 13.6. The molecular weight excluding hydrogens is 359 g/mol. The lowest BCUT2D eigenvalue weighted by Crippen LogP contribution is -2.39. The Kier molecular flexibility index (Phi) is 5.14. The minimum atomic E-state index is -0.265. The molecule has 0 N–H and O–H groups in total. The summed E-state index contributed by atoms with van der Waals surface area (Å²) in [5.74, 6) is 1.58. The summed E-state index contributed by atoms with van der Waals surface area (Å²) in [7, 11) is 0. The van der Waals surface area contributed by atoms with Crippen molar-refractivity contribution in [3.05, 3.63) is 77.3 Å². The number of rotatable bonds is 4. The Morgan fingerprint density at radius 1 is 1.32 bits per heavy atom. The second-order valence-corrected chi connectivity index (χ2v) is 7.05. The topological polar surface area (TPSA) is 72.1 Å². The molecule has 1 atom stereocenters. The summed E-state index contributed by atoms with van der Waals surface area (Å²) in [5.41, 5.74) is 1.25. The monoisotopic (exact) mass is 380 g/mol. The number of aromatic nitrogens is 3. The van der Waals surface area contributed by atoms with E-state index in [-0.39, 0.29) is 17.6 Å². The second kappa shape index (κ2) is 7.88. The van der Waals surface area contributed by atoms with Gasteiger partial charge in [0.25, 0.3) is 5.91 Å². The van der Waals surface area contributed by atoms with Crippen LogP contribution in [0.15, 0.2) is 47.1 Å². The van der Waals surface area contributed by atoms with Crippen LogP contribution in [0.5, 0.6) is 0 Å². The van der Waals surface area contributed by atoms with Gasteiger partial charge >= 0.3 is 0 Å². The molecule has 3 heterocycles. The highest BCUT2D eigenvalue weighted by Gasteiger charge is 2.29. The van der Waals surface area contributed by atoms with Crippen molar-refractivity contribution in [3.63, 3.8) is 0 Å². The highest BCUT2D eigenvalue weighted by atomic mass is 19.1. The van der Waals surface area contributed by atoms with Gasteiger partial charge in [-0.15, -0.1) is 0 Å². The molecule has 2 aromatic heterocycles. The van der Waals surface area contributed by atoms with Gasteiger partial charge in [0.1, 0.15) is 23.1 Å². The van der Waals surface area contributed by atoms with E-state index in [0.29, 0.717) is 42.7 Å². The molecule has 1 aromatic carbocycles. The molecule has 1 fully saturated rings. The number of hydrogen-bond donors (Lipinski definition) is 0. The summed E-state index contributed by atoms with van der Waals surface area (Å²) in [6.45, 7) is 3.00. The molecule has 0 unspecified atom stereocenters. The summed E-state index contributed by atoms with van der Waals surface area (Å²) in [5, 5.41) is 0. The Labute approximate surface area is 162 Å². The lowest BCUT2D eigenvalue weighted by Gasteiger charge is -2.31. The van der Waals surface area contributed by atoms with Gasteiger partial charge in [-0.05, 0) is 43.5 Å². The number of hydrogen-bond acceptors (Lipinski definition) is 5. The summed E-state index contributed by atoms with van der Waals surface area (Å²) in [6.07, 6.45) is 5.56. The molecule has 1 aliphatic rings. The quantitative estimate of drug-likeness (QED) is 0.692. The van der Waals surface area contributed by atoms with Gasteiger partial charge in [0, 0.05) is 25.7 Å². The lowest BCUT2D eigenvalue weighted by atomic mass is 9.97. The van der Waals surface area contributed by atoms with Gasteiger partial charge in [0.15, 0.2) is 5.89 Å². The predicted molar refractivity (Wildman–Crippen MR) is 100 cm³/mol. The number of benzene rings is 1. The minimum absolute atomic E-state index is 0.0434. The maximum atomic E-state index is 13.4. The van der Waals surface area contributed by atoms with Crippen LogP contribution >= 0.6 is 0 Å². The predicted octanol–water partition coefficient (Wildman–Crippen LogP) is 3.52. The first-order valence-corrected chi connectivity index (χ1v) is 9.36. The first-order valence-electron chi connectivity index (χ1n) is 9.36. The maximum Gasteiger partial charge on any atom is 0.272 e. The fourth-order valence-corrected chi connectivity index (χ4v) is 3.54. The van der Waals surface area contributed by atoms with E-state index in [1.54, 1.807) is 36.4 Å². The number of carbonyl (C=O) groups is 1. The molecule has 0 saturated carbocycles. The Morgan fingerprint density at radius 3 is 3.04 bits per heavy atom. The zero-order valence-corrected chi connectivity index (χ0v) is 15.6. The summed E-state index contributed by atoms with van der Waals surface area (Å²) >= 11 is 0. The fraction of sp³-hybridized carbons (Fsp3) is 0.333. The van der Waals surface area contributed by atoms with Crippen molar-refractivity contribution in [3.8, 4) is 0 Å². The molecule has 0 radical (unpaired) electrons. The molecule has 7 heteroatoms. The van der Waals surface area contributed by atoms with Gasteiger partial charge in [-0.2, -0.15) is 0 Å². The van der Waals surface area contributed by atoms with Crippen molar-refractivity contribution in [2.45, 2.75) is 32.1 Å². The van der Waals surface area contributed by atoms with Crippen molar-refractivity contribution < 1.29 is 13.6 Å². The number of nitrogens with zero attached hydrogens (tertiary/aromatic N) is 4. The third-order valence-electron chi connectivity index (χ3n) is 4.89. The van der Waals surface area contributed by atoms with Gasteiger partial charge in [-0.1, -0.05) is 12.1 Å². The average molecular weight is 380 g/mol. The van der Waals surface area contributed by atoms with Crippen LogP contribution in [0.25, 0.3) is 0 Å². The number of amides is 1. The number of halogens is 1. The van der Waals surface area contributed by atoms with Gasteiger partial charge in [-0.25, -0.2) is 19.3 Å². The van der Waals surface area contributed by atoms with Gasteiger partial charge in [-0.3, -0.25) is 4.79 Å².